The van der Waals surface area contributed by atoms with Gasteiger partial charge >= 0.3 is 0 Å². The molecule has 0 fully saturated rings. The van der Waals surface area contributed by atoms with Gasteiger partial charge in [-0.2, -0.15) is 0 Å². The van der Waals surface area contributed by atoms with Gasteiger partial charge in [-0.25, -0.2) is 8.78 Å². The monoisotopic (exact) mass is 289 g/mol. The van der Waals surface area contributed by atoms with Gasteiger partial charge in [-0.1, -0.05) is 35.9 Å². The molecule has 1 amide bonds. The Morgan fingerprint density at radius 1 is 1.00 bits per heavy atom. The summed E-state index contributed by atoms with van der Waals surface area (Å²) in [5, 5.41) is 2.34. The number of carbonyl (C=O) groups is 1. The summed E-state index contributed by atoms with van der Waals surface area (Å²) in [6, 6.07) is 10.9. The Kier molecular flexibility index (Phi) is 4.07. The molecular weight excluding hydrogens is 272 g/mol. The molecule has 0 saturated heterocycles. The Hall–Kier alpha value is -2.23. The van der Waals surface area contributed by atoms with Crippen LogP contribution < -0.4 is 5.32 Å². The van der Waals surface area contributed by atoms with Gasteiger partial charge in [0, 0.05) is 0 Å². The molecule has 1 N–H and O–H groups in total. The van der Waals surface area contributed by atoms with Gasteiger partial charge in [-0.3, -0.25) is 4.79 Å². The van der Waals surface area contributed by atoms with Crippen LogP contribution in [-0.2, 0) is 10.2 Å². The highest BCUT2D eigenvalue weighted by Crippen LogP contribution is 2.27. The number of rotatable bonds is 3. The van der Waals surface area contributed by atoms with Crippen molar-refractivity contribution in [1.29, 1.82) is 0 Å². The summed E-state index contributed by atoms with van der Waals surface area (Å²) in [5.41, 5.74) is 0.544. The van der Waals surface area contributed by atoms with Crippen molar-refractivity contribution in [2.75, 3.05) is 5.32 Å². The molecule has 0 spiro atoms. The van der Waals surface area contributed by atoms with Crippen molar-refractivity contribution in [2.45, 2.75) is 26.2 Å². The molecule has 0 bridgehead atoms. The maximum atomic E-state index is 13.6. The molecule has 0 aliphatic carbocycles. The Morgan fingerprint density at radius 2 is 1.52 bits per heavy atom. The van der Waals surface area contributed by atoms with Crippen LogP contribution in [0.4, 0.5) is 14.5 Å². The lowest BCUT2D eigenvalue weighted by molar-refractivity contribution is -0.120. The lowest BCUT2D eigenvalue weighted by atomic mass is 9.83. The third-order valence-corrected chi connectivity index (χ3v) is 3.54. The Bertz CT molecular complexity index is 643. The van der Waals surface area contributed by atoms with E-state index in [2.05, 4.69) is 5.32 Å². The third-order valence-electron chi connectivity index (χ3n) is 3.54. The predicted molar refractivity (Wildman–Crippen MR) is 79.2 cm³/mol. The Labute approximate surface area is 122 Å². The number of anilines is 1. The molecule has 2 aromatic rings. The van der Waals surface area contributed by atoms with E-state index in [0.29, 0.717) is 0 Å². The molecule has 0 saturated carbocycles. The second kappa shape index (κ2) is 5.64. The van der Waals surface area contributed by atoms with E-state index in [9.17, 15) is 13.6 Å². The van der Waals surface area contributed by atoms with Crippen molar-refractivity contribution in [3.05, 3.63) is 65.2 Å². The van der Waals surface area contributed by atoms with Crippen LogP contribution in [0.2, 0.25) is 0 Å². The molecular formula is C17H17F2NO. The first-order valence-corrected chi connectivity index (χ1v) is 6.65. The number of hydrogen-bond acceptors (Lipinski definition) is 1. The number of amides is 1. The van der Waals surface area contributed by atoms with E-state index in [1.807, 2.05) is 31.2 Å². The van der Waals surface area contributed by atoms with Crippen molar-refractivity contribution in [1.82, 2.24) is 0 Å². The van der Waals surface area contributed by atoms with Crippen molar-refractivity contribution >= 4 is 11.6 Å². The van der Waals surface area contributed by atoms with Crippen molar-refractivity contribution < 1.29 is 13.6 Å². The largest absolute Gasteiger partial charge is 0.320 e. The molecule has 0 aliphatic heterocycles. The number of nitrogens with one attached hydrogen (secondary N) is 1. The smallest absolute Gasteiger partial charge is 0.234 e. The van der Waals surface area contributed by atoms with E-state index >= 15 is 0 Å². The maximum Gasteiger partial charge on any atom is 0.234 e. The van der Waals surface area contributed by atoms with Gasteiger partial charge in [-0.15, -0.1) is 0 Å². The second-order valence-electron chi connectivity index (χ2n) is 5.54. The van der Waals surface area contributed by atoms with Crippen LogP contribution >= 0.6 is 0 Å². The van der Waals surface area contributed by atoms with E-state index in [0.717, 1.165) is 23.3 Å². The summed E-state index contributed by atoms with van der Waals surface area (Å²) in [4.78, 5) is 12.4. The fraction of sp³-hybridized carbons (Fsp3) is 0.235. The average molecular weight is 289 g/mol. The first kappa shape index (κ1) is 15.2. The topological polar surface area (TPSA) is 29.1 Å². The number of carbonyl (C=O) groups excluding carboxylic acids is 1. The molecule has 2 nitrogen and oxygen atoms in total. The van der Waals surface area contributed by atoms with Crippen LogP contribution in [0.25, 0.3) is 0 Å². The Balaban J connectivity index is 2.28. The zero-order chi connectivity index (χ0) is 15.6. The predicted octanol–water partition coefficient (Wildman–Crippen LogP) is 4.19. The molecule has 4 heteroatoms. The minimum atomic E-state index is -0.900. The van der Waals surface area contributed by atoms with E-state index in [4.69, 9.17) is 0 Å². The van der Waals surface area contributed by atoms with Crippen molar-refractivity contribution in [3.8, 4) is 0 Å². The van der Waals surface area contributed by atoms with Gasteiger partial charge in [-0.05, 0) is 38.5 Å². The lowest BCUT2D eigenvalue weighted by Gasteiger charge is -2.24. The minimum absolute atomic E-state index is 0.414. The molecule has 0 aliphatic rings. The number of para-hydroxylation sites is 1. The van der Waals surface area contributed by atoms with E-state index in [1.54, 1.807) is 13.8 Å². The summed E-state index contributed by atoms with van der Waals surface area (Å²) in [7, 11) is 0. The SMILES string of the molecule is Cc1ccc(C(C)(C)C(=O)Nc2c(F)cccc2F)cc1. The number of halogens is 2. The highest BCUT2D eigenvalue weighted by atomic mass is 19.1. The molecule has 2 aromatic carbocycles. The van der Waals surface area contributed by atoms with E-state index in [1.165, 1.54) is 6.07 Å². The molecule has 0 heterocycles. The maximum absolute atomic E-state index is 13.6. The first-order chi connectivity index (χ1) is 9.82. The summed E-state index contributed by atoms with van der Waals surface area (Å²) >= 11 is 0. The van der Waals surface area contributed by atoms with Crippen molar-refractivity contribution in [2.24, 2.45) is 0 Å². The molecule has 0 unspecified atom stereocenters. The summed E-state index contributed by atoms with van der Waals surface area (Å²) in [6.45, 7) is 5.38. The number of hydrogen-bond donors (Lipinski definition) is 1. The van der Waals surface area contributed by atoms with E-state index in [-0.39, 0.29) is 0 Å². The normalized spacial score (nSPS) is 11.3. The highest BCUT2D eigenvalue weighted by Gasteiger charge is 2.30. The molecule has 0 radical (unpaired) electrons. The molecule has 21 heavy (non-hydrogen) atoms. The fourth-order valence-electron chi connectivity index (χ4n) is 1.99. The van der Waals surface area contributed by atoms with Crippen LogP contribution in [0.15, 0.2) is 42.5 Å². The average Bonchev–Trinajstić information content (AvgIpc) is 2.43. The van der Waals surface area contributed by atoms with Gasteiger partial charge < -0.3 is 5.32 Å². The minimum Gasteiger partial charge on any atom is -0.320 e. The summed E-state index contributed by atoms with van der Waals surface area (Å²) < 4.78 is 27.2. The van der Waals surface area contributed by atoms with Gasteiger partial charge in [0.15, 0.2) is 0 Å². The van der Waals surface area contributed by atoms with Crippen LogP contribution in [-0.4, -0.2) is 5.91 Å². The number of aryl methyl sites for hydroxylation is 1. The highest BCUT2D eigenvalue weighted by molar-refractivity contribution is 5.98. The summed E-state index contributed by atoms with van der Waals surface area (Å²) in [6.07, 6.45) is 0. The van der Waals surface area contributed by atoms with Gasteiger partial charge in [0.1, 0.15) is 17.3 Å². The zero-order valence-corrected chi connectivity index (χ0v) is 12.2. The van der Waals surface area contributed by atoms with Gasteiger partial charge in [0.2, 0.25) is 5.91 Å². The third kappa shape index (κ3) is 3.10. The molecule has 0 atom stereocenters. The van der Waals surface area contributed by atoms with Crippen molar-refractivity contribution in [3.63, 3.8) is 0 Å². The van der Waals surface area contributed by atoms with Crippen LogP contribution in [0, 0.1) is 18.6 Å². The fourth-order valence-corrected chi connectivity index (χ4v) is 1.99. The van der Waals surface area contributed by atoms with Gasteiger partial charge in [0.05, 0.1) is 5.41 Å². The molecule has 110 valence electrons. The summed E-state index contributed by atoms with van der Waals surface area (Å²) in [5.74, 6) is -2.04. The molecule has 0 aromatic heterocycles. The van der Waals surface area contributed by atoms with Crippen LogP contribution in [0.5, 0.6) is 0 Å². The standard InChI is InChI=1S/C17H17F2NO/c1-11-7-9-12(10-8-11)17(2,3)16(21)20-15-13(18)5-4-6-14(15)19/h4-10H,1-3H3,(H,20,21). The first-order valence-electron chi connectivity index (χ1n) is 6.65. The second-order valence-corrected chi connectivity index (χ2v) is 5.54. The van der Waals surface area contributed by atoms with E-state index < -0.39 is 28.6 Å². The van der Waals surface area contributed by atoms with Crippen LogP contribution in [0.3, 0.4) is 0 Å². The zero-order valence-electron chi connectivity index (χ0n) is 12.2. The van der Waals surface area contributed by atoms with Crippen LogP contribution in [0.1, 0.15) is 25.0 Å². The van der Waals surface area contributed by atoms with Gasteiger partial charge in [0.25, 0.3) is 0 Å². The lowest BCUT2D eigenvalue weighted by Crippen LogP contribution is -2.35. The number of benzene rings is 2. The molecule has 2 rings (SSSR count). The quantitative estimate of drug-likeness (QED) is 0.902. The Morgan fingerprint density at radius 3 is 2.05 bits per heavy atom.